The quantitative estimate of drug-likeness (QED) is 0.272. The fourth-order valence-electron chi connectivity index (χ4n) is 2.34. The van der Waals surface area contributed by atoms with Crippen LogP contribution in [-0.4, -0.2) is 66.7 Å². The van der Waals surface area contributed by atoms with Gasteiger partial charge in [-0.15, -0.1) is 0 Å². The van der Waals surface area contributed by atoms with Crippen molar-refractivity contribution in [1.29, 1.82) is 0 Å². The van der Waals surface area contributed by atoms with Crippen LogP contribution in [0.15, 0.2) is 0 Å². The first-order valence-electron chi connectivity index (χ1n) is 8.20. The van der Waals surface area contributed by atoms with Crippen LogP contribution in [0.25, 0.3) is 0 Å². The molecule has 0 N–H and O–H groups in total. The molecule has 158 valence electrons. The van der Waals surface area contributed by atoms with Gasteiger partial charge in [-0.2, -0.15) is 0 Å². The van der Waals surface area contributed by atoms with Gasteiger partial charge in [0.15, 0.2) is 30.7 Å². The molecule has 0 rings (SSSR count). The molecule has 0 aromatic rings. The van der Waals surface area contributed by atoms with E-state index in [-0.39, 0.29) is 6.29 Å². The van der Waals surface area contributed by atoms with Gasteiger partial charge in [-0.25, -0.2) is 0 Å². The highest BCUT2D eigenvalue weighted by atomic mass is 16.6. The van der Waals surface area contributed by atoms with E-state index in [2.05, 4.69) is 0 Å². The van der Waals surface area contributed by atoms with Gasteiger partial charge in [-0.05, 0) is 6.92 Å². The first-order valence-corrected chi connectivity index (χ1v) is 8.20. The van der Waals surface area contributed by atoms with Crippen molar-refractivity contribution in [2.75, 3.05) is 0 Å². The first-order chi connectivity index (χ1) is 12.9. The van der Waals surface area contributed by atoms with E-state index in [0.717, 1.165) is 34.6 Å². The van der Waals surface area contributed by atoms with Crippen molar-refractivity contribution in [2.45, 2.75) is 72.1 Å². The van der Waals surface area contributed by atoms with Gasteiger partial charge in [0.25, 0.3) is 0 Å². The van der Waals surface area contributed by atoms with E-state index in [9.17, 15) is 28.8 Å². The predicted octanol–water partition coefficient (Wildman–Crippen LogP) is -0.136. The van der Waals surface area contributed by atoms with Gasteiger partial charge in [0.2, 0.25) is 0 Å². The number of esters is 5. The Kier molecular flexibility index (Phi) is 10.4. The fraction of sp³-hybridized carbons (Fsp3) is 0.647. The van der Waals surface area contributed by atoms with Crippen molar-refractivity contribution in [3.63, 3.8) is 0 Å². The average molecular weight is 404 g/mol. The van der Waals surface area contributed by atoms with Crippen LogP contribution in [0.3, 0.4) is 0 Å². The third kappa shape index (κ3) is 9.10. The van der Waals surface area contributed by atoms with Crippen molar-refractivity contribution < 1.29 is 52.5 Å². The highest BCUT2D eigenvalue weighted by molar-refractivity contribution is 5.72. The van der Waals surface area contributed by atoms with Crippen LogP contribution in [0.1, 0.15) is 41.5 Å². The molecule has 0 saturated carbocycles. The molecule has 0 fully saturated rings. The predicted molar refractivity (Wildman–Crippen MR) is 89.5 cm³/mol. The number of aldehydes is 1. The molecule has 28 heavy (non-hydrogen) atoms. The van der Waals surface area contributed by atoms with Gasteiger partial charge in [0.05, 0.1) is 0 Å². The summed E-state index contributed by atoms with van der Waals surface area (Å²) in [4.78, 5) is 68.7. The van der Waals surface area contributed by atoms with Crippen molar-refractivity contribution in [3.05, 3.63) is 0 Å². The molecule has 11 heteroatoms. The maximum absolute atomic E-state index is 11.6. The summed E-state index contributed by atoms with van der Waals surface area (Å²) in [6.45, 7) is 6.50. The number of hydrogen-bond acceptors (Lipinski definition) is 11. The molecular formula is C17H24O11. The van der Waals surface area contributed by atoms with Gasteiger partial charge in [-0.3, -0.25) is 28.8 Å². The second kappa shape index (κ2) is 11.7. The van der Waals surface area contributed by atoms with E-state index in [1.54, 1.807) is 0 Å². The van der Waals surface area contributed by atoms with Gasteiger partial charge in [0, 0.05) is 34.6 Å². The summed E-state index contributed by atoms with van der Waals surface area (Å²) in [7, 11) is 0. The van der Waals surface area contributed by atoms with E-state index in [1.807, 2.05) is 0 Å². The lowest BCUT2D eigenvalue weighted by atomic mass is 9.99. The van der Waals surface area contributed by atoms with Crippen molar-refractivity contribution >= 4 is 36.1 Å². The SMILES string of the molecule is CC(=O)OC(C)C(OC(C)=O)C(OC(C)=O)C(OC(C)=O)C(C=O)OC(C)=O. The van der Waals surface area contributed by atoms with Gasteiger partial charge in [-0.1, -0.05) is 0 Å². The van der Waals surface area contributed by atoms with Crippen LogP contribution in [0.2, 0.25) is 0 Å². The third-order valence-corrected chi connectivity index (χ3v) is 3.13. The number of carbonyl (C=O) groups is 6. The van der Waals surface area contributed by atoms with E-state index in [0.29, 0.717) is 0 Å². The summed E-state index contributed by atoms with van der Waals surface area (Å²) in [5.41, 5.74) is 0. The Balaban J connectivity index is 6.23. The summed E-state index contributed by atoms with van der Waals surface area (Å²) < 4.78 is 25.0. The number of carbonyl (C=O) groups excluding carboxylic acids is 6. The van der Waals surface area contributed by atoms with Gasteiger partial charge >= 0.3 is 29.8 Å². The van der Waals surface area contributed by atoms with Crippen LogP contribution in [0, 0.1) is 0 Å². The zero-order valence-electron chi connectivity index (χ0n) is 16.5. The summed E-state index contributed by atoms with van der Waals surface area (Å²) in [5.74, 6) is -4.24. The van der Waals surface area contributed by atoms with Crippen LogP contribution < -0.4 is 0 Å². The van der Waals surface area contributed by atoms with Crippen molar-refractivity contribution in [1.82, 2.24) is 0 Å². The highest BCUT2D eigenvalue weighted by Gasteiger charge is 2.46. The van der Waals surface area contributed by atoms with Gasteiger partial charge < -0.3 is 23.7 Å². The Morgan fingerprint density at radius 1 is 0.571 bits per heavy atom. The molecule has 0 aliphatic carbocycles. The summed E-state index contributed by atoms with van der Waals surface area (Å²) in [6, 6.07) is 0. The lowest BCUT2D eigenvalue weighted by molar-refractivity contribution is -0.207. The molecule has 0 radical (unpaired) electrons. The molecule has 0 amide bonds. The first kappa shape index (κ1) is 25.0. The highest BCUT2D eigenvalue weighted by Crippen LogP contribution is 2.22. The Labute approximate surface area is 161 Å². The summed E-state index contributed by atoms with van der Waals surface area (Å²) >= 11 is 0. The second-order valence-electron chi connectivity index (χ2n) is 5.75. The minimum absolute atomic E-state index is 0.160. The Bertz CT molecular complexity index is 612. The molecule has 0 aromatic heterocycles. The largest absolute Gasteiger partial charge is 0.459 e. The molecule has 11 nitrogen and oxygen atoms in total. The summed E-state index contributed by atoms with van der Waals surface area (Å²) in [5, 5.41) is 0. The van der Waals surface area contributed by atoms with Crippen LogP contribution in [0.5, 0.6) is 0 Å². The molecule has 0 aliphatic rings. The lowest BCUT2D eigenvalue weighted by Gasteiger charge is -2.35. The average Bonchev–Trinajstić information content (AvgIpc) is 2.52. The molecule has 0 aliphatic heterocycles. The Morgan fingerprint density at radius 2 is 0.929 bits per heavy atom. The Hall–Kier alpha value is -2.98. The Morgan fingerprint density at radius 3 is 1.29 bits per heavy atom. The molecule has 5 atom stereocenters. The zero-order chi connectivity index (χ0) is 22.0. The molecule has 0 saturated heterocycles. The molecule has 5 unspecified atom stereocenters. The summed E-state index contributed by atoms with van der Waals surface area (Å²) in [6.07, 6.45) is -7.49. The van der Waals surface area contributed by atoms with Crippen molar-refractivity contribution in [3.8, 4) is 0 Å². The smallest absolute Gasteiger partial charge is 0.303 e. The van der Waals surface area contributed by atoms with E-state index in [1.165, 1.54) is 6.92 Å². The van der Waals surface area contributed by atoms with Crippen LogP contribution >= 0.6 is 0 Å². The minimum Gasteiger partial charge on any atom is -0.459 e. The number of hydrogen-bond donors (Lipinski definition) is 0. The molecule has 0 aromatic carbocycles. The monoisotopic (exact) mass is 404 g/mol. The van der Waals surface area contributed by atoms with Crippen LogP contribution in [0.4, 0.5) is 0 Å². The lowest BCUT2D eigenvalue weighted by Crippen LogP contribution is -2.55. The van der Waals surface area contributed by atoms with E-state index in [4.69, 9.17) is 23.7 Å². The maximum Gasteiger partial charge on any atom is 0.303 e. The standard InChI is InChI=1S/C17H24O11/c1-8(24-9(2)19)15(26-11(4)21)17(28-13(6)23)16(27-12(5)22)14(7-18)25-10(3)20/h7-8,14-17H,1-6H3. The van der Waals surface area contributed by atoms with Gasteiger partial charge in [0.1, 0.15) is 6.10 Å². The normalized spacial score (nSPS) is 15.6. The second-order valence-corrected chi connectivity index (χ2v) is 5.75. The molecule has 0 heterocycles. The fourth-order valence-corrected chi connectivity index (χ4v) is 2.34. The number of ether oxygens (including phenoxy) is 5. The third-order valence-electron chi connectivity index (χ3n) is 3.13. The van der Waals surface area contributed by atoms with Crippen molar-refractivity contribution in [2.24, 2.45) is 0 Å². The van der Waals surface area contributed by atoms with E-state index >= 15 is 0 Å². The molecule has 0 spiro atoms. The molecular weight excluding hydrogens is 380 g/mol. The topological polar surface area (TPSA) is 149 Å². The number of rotatable bonds is 10. The maximum atomic E-state index is 11.6. The van der Waals surface area contributed by atoms with Crippen LogP contribution in [-0.2, 0) is 52.5 Å². The molecule has 0 bridgehead atoms. The zero-order valence-corrected chi connectivity index (χ0v) is 16.5. The minimum atomic E-state index is -1.69. The van der Waals surface area contributed by atoms with E-state index < -0.39 is 60.4 Å².